The quantitative estimate of drug-likeness (QED) is 0.327. The summed E-state index contributed by atoms with van der Waals surface area (Å²) in [6.07, 6.45) is 0. The fraction of sp³-hybridized carbons (Fsp3) is 0.500. The lowest BCUT2D eigenvalue weighted by molar-refractivity contribution is 0.292. The molecule has 0 aliphatic carbocycles. The summed E-state index contributed by atoms with van der Waals surface area (Å²) < 4.78 is 0. The molecular weight excluding hydrogens is 314 g/mol. The summed E-state index contributed by atoms with van der Waals surface area (Å²) >= 11 is 24.2. The largest absolute Gasteiger partial charge is 0.165 e. The van der Waals surface area contributed by atoms with Crippen LogP contribution in [0.4, 0.5) is 5.69 Å². The smallest absolute Gasteiger partial charge is 0.157 e. The Morgan fingerprint density at radius 1 is 0.944 bits per heavy atom. The second kappa shape index (κ2) is 5.54. The van der Waals surface area contributed by atoms with Gasteiger partial charge in [0.15, 0.2) is 5.00 Å². The van der Waals surface area contributed by atoms with Crippen molar-refractivity contribution in [3.8, 4) is 0 Å². The third kappa shape index (κ3) is 3.74. The number of halogens is 4. The van der Waals surface area contributed by atoms with Crippen molar-refractivity contribution in [1.29, 1.82) is 0 Å². The predicted octanol–water partition coefficient (Wildman–Crippen LogP) is 6.73. The Labute approximate surface area is 127 Å². The summed E-state index contributed by atoms with van der Waals surface area (Å²) in [5, 5.41) is 9.32. The van der Waals surface area contributed by atoms with Crippen LogP contribution in [0.5, 0.6) is 0 Å². The molecule has 0 heterocycles. The van der Waals surface area contributed by atoms with Crippen LogP contribution in [0.3, 0.4) is 0 Å². The van der Waals surface area contributed by atoms with E-state index in [1.807, 2.05) is 20.8 Å². The van der Waals surface area contributed by atoms with Crippen molar-refractivity contribution in [2.75, 3.05) is 0 Å². The van der Waals surface area contributed by atoms with Crippen LogP contribution in [-0.2, 0) is 0 Å². The van der Waals surface area contributed by atoms with Gasteiger partial charge in [0.25, 0.3) is 0 Å². The maximum atomic E-state index is 6.33. The zero-order valence-electron chi connectivity index (χ0n) is 10.6. The van der Waals surface area contributed by atoms with Crippen LogP contribution >= 0.6 is 46.4 Å². The second-order valence-corrected chi connectivity index (χ2v) is 7.11. The molecule has 0 N–H and O–H groups in total. The molecule has 0 aromatic heterocycles. The van der Waals surface area contributed by atoms with Gasteiger partial charge in [0.1, 0.15) is 5.69 Å². The molecule has 1 aromatic carbocycles. The van der Waals surface area contributed by atoms with E-state index in [2.05, 4.69) is 10.2 Å². The molecule has 100 valence electrons. The lowest BCUT2D eigenvalue weighted by Crippen LogP contribution is -2.31. The average molecular weight is 328 g/mol. The van der Waals surface area contributed by atoms with Crippen molar-refractivity contribution >= 4 is 52.1 Å². The molecule has 18 heavy (non-hydrogen) atoms. The van der Waals surface area contributed by atoms with E-state index in [0.717, 1.165) is 0 Å². The van der Waals surface area contributed by atoms with E-state index in [4.69, 9.17) is 46.4 Å². The highest BCUT2D eigenvalue weighted by molar-refractivity contribution is 6.41. The Hall–Kier alpha value is -0.0200. The molecule has 0 saturated heterocycles. The van der Waals surface area contributed by atoms with E-state index in [-0.39, 0.29) is 5.41 Å². The molecule has 0 bridgehead atoms. The third-order valence-electron chi connectivity index (χ3n) is 2.69. The standard InChI is InChI=1S/C12H14Cl4N2/c1-11(2,3)12(4,16)18-17-10-8(14)5-7(13)6-9(10)15/h5-6H,1-4H3. The van der Waals surface area contributed by atoms with Crippen LogP contribution in [0.2, 0.25) is 15.1 Å². The molecule has 0 aliphatic heterocycles. The first-order chi connectivity index (χ1) is 8.04. The van der Waals surface area contributed by atoms with Crippen molar-refractivity contribution in [2.45, 2.75) is 32.7 Å². The summed E-state index contributed by atoms with van der Waals surface area (Å²) in [5.41, 5.74) is 0.127. The Morgan fingerprint density at radius 3 is 1.78 bits per heavy atom. The highest BCUT2D eigenvalue weighted by Crippen LogP contribution is 2.41. The van der Waals surface area contributed by atoms with Crippen molar-refractivity contribution in [2.24, 2.45) is 15.6 Å². The molecule has 0 fully saturated rings. The maximum Gasteiger partial charge on any atom is 0.157 e. The maximum absolute atomic E-state index is 6.33. The summed E-state index contributed by atoms with van der Waals surface area (Å²) in [4.78, 5) is -0.848. The van der Waals surface area contributed by atoms with E-state index < -0.39 is 5.00 Å². The SMILES string of the molecule is CC(C)(C)C(C)(Cl)N=Nc1c(Cl)cc(Cl)cc1Cl. The van der Waals surface area contributed by atoms with Gasteiger partial charge in [0, 0.05) is 10.4 Å². The summed E-state index contributed by atoms with van der Waals surface area (Å²) in [6, 6.07) is 3.12. The first-order valence-electron chi connectivity index (χ1n) is 5.31. The van der Waals surface area contributed by atoms with Gasteiger partial charge in [-0.1, -0.05) is 67.2 Å². The van der Waals surface area contributed by atoms with E-state index in [1.54, 1.807) is 19.1 Å². The van der Waals surface area contributed by atoms with Crippen LogP contribution in [0.1, 0.15) is 27.7 Å². The minimum atomic E-state index is -0.848. The topological polar surface area (TPSA) is 24.7 Å². The fourth-order valence-corrected chi connectivity index (χ4v) is 1.85. The zero-order valence-corrected chi connectivity index (χ0v) is 13.6. The Balaban J connectivity index is 3.13. The minimum Gasteiger partial charge on any atom is -0.165 e. The molecule has 1 atom stereocenters. The third-order valence-corrected chi connectivity index (χ3v) is 4.13. The molecule has 1 rings (SSSR count). The van der Waals surface area contributed by atoms with Gasteiger partial charge in [0.05, 0.1) is 10.0 Å². The van der Waals surface area contributed by atoms with Gasteiger partial charge in [-0.2, -0.15) is 10.2 Å². The molecule has 0 saturated carbocycles. The first-order valence-corrected chi connectivity index (χ1v) is 6.82. The number of hydrogen-bond donors (Lipinski definition) is 0. The van der Waals surface area contributed by atoms with Gasteiger partial charge in [0.2, 0.25) is 0 Å². The fourth-order valence-electron chi connectivity index (χ4n) is 0.924. The average Bonchev–Trinajstić information content (AvgIpc) is 2.13. The second-order valence-electron chi connectivity index (χ2n) is 5.12. The Morgan fingerprint density at radius 2 is 1.39 bits per heavy atom. The first kappa shape index (κ1) is 16.0. The van der Waals surface area contributed by atoms with Crippen molar-refractivity contribution in [1.82, 2.24) is 0 Å². The minimum absolute atomic E-state index is 0.247. The lowest BCUT2D eigenvalue weighted by atomic mass is 9.88. The van der Waals surface area contributed by atoms with Crippen LogP contribution < -0.4 is 0 Å². The molecule has 2 nitrogen and oxygen atoms in total. The normalized spacial score (nSPS) is 16.0. The number of nitrogens with zero attached hydrogens (tertiary/aromatic N) is 2. The number of benzene rings is 1. The predicted molar refractivity (Wildman–Crippen MR) is 79.7 cm³/mol. The van der Waals surface area contributed by atoms with Gasteiger partial charge in [-0.25, -0.2) is 0 Å². The molecule has 0 spiro atoms. The molecule has 0 amide bonds. The van der Waals surface area contributed by atoms with E-state index in [0.29, 0.717) is 20.8 Å². The summed E-state index contributed by atoms with van der Waals surface area (Å²) in [5.74, 6) is 0. The van der Waals surface area contributed by atoms with Crippen molar-refractivity contribution < 1.29 is 0 Å². The van der Waals surface area contributed by atoms with Gasteiger partial charge in [-0.15, -0.1) is 0 Å². The number of rotatable bonds is 2. The van der Waals surface area contributed by atoms with Gasteiger partial charge in [-0.3, -0.25) is 0 Å². The number of hydrogen-bond acceptors (Lipinski definition) is 2. The highest BCUT2D eigenvalue weighted by Gasteiger charge is 2.35. The van der Waals surface area contributed by atoms with Gasteiger partial charge in [-0.05, 0) is 19.1 Å². The van der Waals surface area contributed by atoms with E-state index in [1.165, 1.54) is 0 Å². The molecule has 1 aromatic rings. The molecular formula is C12H14Cl4N2. The lowest BCUT2D eigenvalue weighted by Gasteiger charge is -2.31. The van der Waals surface area contributed by atoms with Crippen molar-refractivity contribution in [3.05, 3.63) is 27.2 Å². The van der Waals surface area contributed by atoms with Gasteiger partial charge >= 0.3 is 0 Å². The van der Waals surface area contributed by atoms with Crippen LogP contribution in [0.15, 0.2) is 22.4 Å². The van der Waals surface area contributed by atoms with E-state index >= 15 is 0 Å². The Kier molecular flexibility index (Phi) is 4.93. The van der Waals surface area contributed by atoms with Gasteiger partial charge < -0.3 is 0 Å². The van der Waals surface area contributed by atoms with E-state index in [9.17, 15) is 0 Å². The highest BCUT2D eigenvalue weighted by atomic mass is 35.5. The molecule has 0 radical (unpaired) electrons. The van der Waals surface area contributed by atoms with Crippen LogP contribution in [0.25, 0.3) is 0 Å². The molecule has 1 unspecified atom stereocenters. The zero-order chi connectivity index (χ0) is 14.1. The van der Waals surface area contributed by atoms with Crippen LogP contribution in [0, 0.1) is 5.41 Å². The summed E-state index contributed by atoms with van der Waals surface area (Å²) in [6.45, 7) is 7.72. The number of alkyl halides is 1. The van der Waals surface area contributed by atoms with Crippen LogP contribution in [-0.4, -0.2) is 5.00 Å². The molecule has 0 aliphatic rings. The molecule has 6 heteroatoms. The van der Waals surface area contributed by atoms with Crippen molar-refractivity contribution in [3.63, 3.8) is 0 Å². The Bertz CT molecular complexity index is 452. The monoisotopic (exact) mass is 326 g/mol. The number of azo groups is 1. The summed E-state index contributed by atoms with van der Waals surface area (Å²) in [7, 11) is 0.